The molecule has 0 aliphatic rings. The molecule has 0 amide bonds. The first kappa shape index (κ1) is 20.4. The molecule has 6 nitrogen and oxygen atoms in total. The first-order chi connectivity index (χ1) is 11.3. The highest BCUT2D eigenvalue weighted by Gasteiger charge is 1.99. The van der Waals surface area contributed by atoms with Gasteiger partial charge in [0.05, 0.1) is 12.9 Å². The number of nitrogens with one attached hydrogen (secondary N) is 2. The summed E-state index contributed by atoms with van der Waals surface area (Å²) in [6.07, 6.45) is 5.59. The summed E-state index contributed by atoms with van der Waals surface area (Å²) in [4.78, 5) is 8.25. The molecule has 2 aromatic rings. The molecule has 0 saturated carbocycles. The predicted octanol–water partition coefficient (Wildman–Crippen LogP) is 2.25. The monoisotopic (exact) mass is 443 g/mol. The fraction of sp³-hybridized carbons (Fsp3) is 0.412. The second-order valence-electron chi connectivity index (χ2n) is 5.10. The summed E-state index contributed by atoms with van der Waals surface area (Å²) in [6.45, 7) is 5.73. The van der Waals surface area contributed by atoms with Crippen LogP contribution < -0.4 is 10.6 Å². The van der Waals surface area contributed by atoms with Gasteiger partial charge in [-0.05, 0) is 18.1 Å². The van der Waals surface area contributed by atoms with Crippen molar-refractivity contribution in [2.75, 3.05) is 26.8 Å². The molecular weight excluding hydrogens is 417 g/mol. The van der Waals surface area contributed by atoms with E-state index in [0.717, 1.165) is 32.2 Å². The van der Waals surface area contributed by atoms with Gasteiger partial charge in [-0.25, -0.2) is 4.98 Å². The standard InChI is InChI=1S/C17H25N5O.HI/c1-3-23-11-9-20-17(18-2)21-12-15-4-6-16(7-5-15)13-22-10-8-19-14-22;/h4-8,10,14H,3,9,11-13H2,1-2H3,(H2,18,20,21);1H. The van der Waals surface area contributed by atoms with Crippen LogP contribution >= 0.6 is 24.0 Å². The third-order valence-corrected chi connectivity index (χ3v) is 3.37. The van der Waals surface area contributed by atoms with Crippen molar-refractivity contribution in [2.24, 2.45) is 4.99 Å². The average Bonchev–Trinajstić information content (AvgIpc) is 3.08. The summed E-state index contributed by atoms with van der Waals surface area (Å²) in [6, 6.07) is 8.55. The van der Waals surface area contributed by atoms with Crippen LogP contribution in [0, 0.1) is 0 Å². The number of ether oxygens (including phenoxy) is 1. The first-order valence-electron chi connectivity index (χ1n) is 7.87. The van der Waals surface area contributed by atoms with Gasteiger partial charge in [-0.2, -0.15) is 0 Å². The maximum atomic E-state index is 5.30. The van der Waals surface area contributed by atoms with Gasteiger partial charge in [-0.15, -0.1) is 24.0 Å². The zero-order valence-electron chi connectivity index (χ0n) is 14.2. The van der Waals surface area contributed by atoms with Crippen LogP contribution in [-0.2, 0) is 17.8 Å². The molecule has 0 aliphatic heterocycles. The molecule has 24 heavy (non-hydrogen) atoms. The van der Waals surface area contributed by atoms with E-state index in [1.54, 1.807) is 13.2 Å². The topological polar surface area (TPSA) is 63.5 Å². The SMILES string of the molecule is CCOCCNC(=NC)NCc1ccc(Cn2ccnc2)cc1.I. The van der Waals surface area contributed by atoms with Gasteiger partial charge in [0.1, 0.15) is 0 Å². The Hall–Kier alpha value is -1.61. The van der Waals surface area contributed by atoms with E-state index in [0.29, 0.717) is 6.61 Å². The van der Waals surface area contributed by atoms with Crippen LogP contribution in [0.15, 0.2) is 48.0 Å². The zero-order valence-corrected chi connectivity index (χ0v) is 16.6. The molecule has 0 bridgehead atoms. The van der Waals surface area contributed by atoms with Gasteiger partial charge in [-0.1, -0.05) is 24.3 Å². The van der Waals surface area contributed by atoms with Gasteiger partial charge in [0.25, 0.3) is 0 Å². The Kier molecular flexibility index (Phi) is 10.1. The number of aromatic nitrogens is 2. The Morgan fingerprint density at radius 1 is 1.21 bits per heavy atom. The van der Waals surface area contributed by atoms with E-state index < -0.39 is 0 Å². The molecule has 2 N–H and O–H groups in total. The first-order valence-corrected chi connectivity index (χ1v) is 7.87. The lowest BCUT2D eigenvalue weighted by Crippen LogP contribution is -2.38. The van der Waals surface area contributed by atoms with Gasteiger partial charge >= 0.3 is 0 Å². The molecule has 7 heteroatoms. The van der Waals surface area contributed by atoms with E-state index in [9.17, 15) is 0 Å². The molecule has 1 aromatic heterocycles. The Labute approximate surface area is 160 Å². The molecule has 132 valence electrons. The minimum atomic E-state index is 0. The van der Waals surface area contributed by atoms with E-state index >= 15 is 0 Å². The second-order valence-corrected chi connectivity index (χ2v) is 5.10. The third-order valence-electron chi connectivity index (χ3n) is 3.37. The van der Waals surface area contributed by atoms with Crippen LogP contribution in [0.5, 0.6) is 0 Å². The van der Waals surface area contributed by atoms with Crippen LogP contribution in [0.4, 0.5) is 0 Å². The largest absolute Gasteiger partial charge is 0.380 e. The zero-order chi connectivity index (χ0) is 16.3. The number of aliphatic imine (C=N–C) groups is 1. The van der Waals surface area contributed by atoms with E-state index in [1.165, 1.54) is 11.1 Å². The highest BCUT2D eigenvalue weighted by atomic mass is 127. The van der Waals surface area contributed by atoms with Crippen LogP contribution in [0.1, 0.15) is 18.1 Å². The van der Waals surface area contributed by atoms with Gasteiger partial charge in [0.15, 0.2) is 5.96 Å². The number of hydrogen-bond donors (Lipinski definition) is 2. The molecule has 0 aliphatic carbocycles. The Balaban J connectivity index is 0.00000288. The number of guanidine groups is 1. The molecule has 1 aromatic carbocycles. The summed E-state index contributed by atoms with van der Waals surface area (Å²) in [5.74, 6) is 0.784. The molecule has 0 unspecified atom stereocenters. The fourth-order valence-corrected chi connectivity index (χ4v) is 2.15. The molecule has 0 saturated heterocycles. The summed E-state index contributed by atoms with van der Waals surface area (Å²) in [5.41, 5.74) is 2.47. The molecule has 0 spiro atoms. The Morgan fingerprint density at radius 2 is 1.96 bits per heavy atom. The van der Waals surface area contributed by atoms with Crippen LogP contribution in [0.2, 0.25) is 0 Å². The van der Waals surface area contributed by atoms with Crippen molar-refractivity contribution < 1.29 is 4.74 Å². The quantitative estimate of drug-likeness (QED) is 0.285. The molecular formula is C17H26IN5O. The number of rotatable bonds is 8. The smallest absolute Gasteiger partial charge is 0.191 e. The lowest BCUT2D eigenvalue weighted by atomic mass is 10.1. The summed E-state index contributed by atoms with van der Waals surface area (Å²) < 4.78 is 7.35. The Bertz CT molecular complexity index is 584. The lowest BCUT2D eigenvalue weighted by Gasteiger charge is -2.12. The van der Waals surface area contributed by atoms with Crippen molar-refractivity contribution in [3.8, 4) is 0 Å². The van der Waals surface area contributed by atoms with Crippen molar-refractivity contribution in [2.45, 2.75) is 20.0 Å². The third kappa shape index (κ3) is 7.31. The normalized spacial score (nSPS) is 11.0. The maximum Gasteiger partial charge on any atom is 0.191 e. The number of nitrogens with zero attached hydrogens (tertiary/aromatic N) is 3. The van der Waals surface area contributed by atoms with E-state index in [1.807, 2.05) is 19.4 Å². The molecule has 0 radical (unpaired) electrons. The summed E-state index contributed by atoms with van der Waals surface area (Å²) >= 11 is 0. The predicted molar refractivity (Wildman–Crippen MR) is 108 cm³/mol. The van der Waals surface area contributed by atoms with Crippen molar-refractivity contribution in [1.82, 2.24) is 20.2 Å². The van der Waals surface area contributed by atoms with Crippen LogP contribution in [-0.4, -0.2) is 42.3 Å². The number of imidazole rings is 1. The number of hydrogen-bond acceptors (Lipinski definition) is 3. The van der Waals surface area contributed by atoms with Gasteiger partial charge in [0, 0.05) is 45.7 Å². The Morgan fingerprint density at radius 3 is 2.58 bits per heavy atom. The molecule has 0 fully saturated rings. The van der Waals surface area contributed by atoms with E-state index in [2.05, 4.69) is 49.4 Å². The number of halogens is 1. The molecule has 0 atom stereocenters. The minimum absolute atomic E-state index is 0. The highest BCUT2D eigenvalue weighted by molar-refractivity contribution is 14.0. The second kappa shape index (κ2) is 11.9. The fourth-order valence-electron chi connectivity index (χ4n) is 2.15. The van der Waals surface area contributed by atoms with Gasteiger partial charge in [-0.3, -0.25) is 4.99 Å². The summed E-state index contributed by atoms with van der Waals surface area (Å²) in [5, 5.41) is 6.51. The van der Waals surface area contributed by atoms with Crippen molar-refractivity contribution in [3.05, 3.63) is 54.1 Å². The van der Waals surface area contributed by atoms with Gasteiger partial charge < -0.3 is 19.9 Å². The molecule has 2 rings (SSSR count). The van der Waals surface area contributed by atoms with Crippen molar-refractivity contribution in [3.63, 3.8) is 0 Å². The number of benzene rings is 1. The van der Waals surface area contributed by atoms with Crippen LogP contribution in [0.3, 0.4) is 0 Å². The minimum Gasteiger partial charge on any atom is -0.380 e. The average molecular weight is 443 g/mol. The lowest BCUT2D eigenvalue weighted by molar-refractivity contribution is 0.152. The molecule has 1 heterocycles. The van der Waals surface area contributed by atoms with Crippen molar-refractivity contribution >= 4 is 29.9 Å². The summed E-state index contributed by atoms with van der Waals surface area (Å²) in [7, 11) is 1.77. The highest BCUT2D eigenvalue weighted by Crippen LogP contribution is 2.06. The van der Waals surface area contributed by atoms with E-state index in [4.69, 9.17) is 4.74 Å². The van der Waals surface area contributed by atoms with Crippen LogP contribution in [0.25, 0.3) is 0 Å². The van der Waals surface area contributed by atoms with Gasteiger partial charge in [0.2, 0.25) is 0 Å². The van der Waals surface area contributed by atoms with Crippen molar-refractivity contribution in [1.29, 1.82) is 0 Å². The van der Waals surface area contributed by atoms with E-state index in [-0.39, 0.29) is 24.0 Å². The maximum absolute atomic E-state index is 5.30.